The van der Waals surface area contributed by atoms with Gasteiger partial charge in [-0.1, -0.05) is 19.1 Å². The monoisotopic (exact) mass is 466 g/mol. The molecule has 0 bridgehead atoms. The smallest absolute Gasteiger partial charge is 0.410 e. The summed E-state index contributed by atoms with van der Waals surface area (Å²) in [6, 6.07) is 7.82. The highest BCUT2D eigenvalue weighted by molar-refractivity contribution is 5.83. The normalized spacial score (nSPS) is 16.4. The quantitative estimate of drug-likeness (QED) is 0.379. The lowest BCUT2D eigenvalue weighted by Gasteiger charge is -2.33. The van der Waals surface area contributed by atoms with Gasteiger partial charge in [0, 0.05) is 36.9 Å². The fraction of sp³-hybridized carbons (Fsp3) is 0.360. The van der Waals surface area contributed by atoms with Gasteiger partial charge in [0.25, 0.3) is 5.69 Å². The summed E-state index contributed by atoms with van der Waals surface area (Å²) in [6.07, 6.45) is 5.19. The van der Waals surface area contributed by atoms with E-state index in [9.17, 15) is 19.3 Å². The standard InChI is InChI=1S/C25H27FN4O4/c1-16-14-29(24(31)34-25(2,3)4)10-8-21(16)18-5-6-19(27-13-18)15-28-9-7-17-11-20(30(32)33)12-22(26)23(17)28/h5-9,11-13,16H,10,14-15H2,1-4H3. The van der Waals surface area contributed by atoms with Crippen LogP contribution in [-0.2, 0) is 11.3 Å². The zero-order chi connectivity index (χ0) is 24.6. The number of hydrogen-bond donors (Lipinski definition) is 0. The molecule has 3 heterocycles. The van der Waals surface area contributed by atoms with Crippen molar-refractivity contribution in [3.8, 4) is 0 Å². The third-order valence-corrected chi connectivity index (χ3v) is 5.71. The van der Waals surface area contributed by atoms with Crippen molar-refractivity contribution in [2.24, 2.45) is 5.92 Å². The highest BCUT2D eigenvalue weighted by Gasteiger charge is 2.27. The van der Waals surface area contributed by atoms with E-state index in [1.807, 2.05) is 39.0 Å². The van der Waals surface area contributed by atoms with Crippen molar-refractivity contribution in [3.63, 3.8) is 0 Å². The number of amides is 1. The summed E-state index contributed by atoms with van der Waals surface area (Å²) in [7, 11) is 0. The molecule has 0 aliphatic carbocycles. The van der Waals surface area contributed by atoms with Crippen LogP contribution in [0.1, 0.15) is 39.0 Å². The maximum atomic E-state index is 14.5. The van der Waals surface area contributed by atoms with E-state index in [0.29, 0.717) is 30.5 Å². The second kappa shape index (κ2) is 8.89. The summed E-state index contributed by atoms with van der Waals surface area (Å²) in [5, 5.41) is 11.4. The number of nitro groups is 1. The molecule has 4 rings (SSSR count). The second-order valence-electron chi connectivity index (χ2n) is 9.55. The number of nitrogens with zero attached hydrogens (tertiary/aromatic N) is 4. The van der Waals surface area contributed by atoms with E-state index in [2.05, 4.69) is 11.9 Å². The van der Waals surface area contributed by atoms with Crippen LogP contribution in [0.3, 0.4) is 0 Å². The molecule has 1 aliphatic rings. The van der Waals surface area contributed by atoms with Gasteiger partial charge in [0.15, 0.2) is 5.82 Å². The average molecular weight is 467 g/mol. The lowest BCUT2D eigenvalue weighted by Crippen LogP contribution is -2.41. The number of nitro benzene ring substituents is 1. The first-order valence-corrected chi connectivity index (χ1v) is 11.1. The van der Waals surface area contributed by atoms with E-state index in [4.69, 9.17) is 4.74 Å². The summed E-state index contributed by atoms with van der Waals surface area (Å²) < 4.78 is 21.7. The molecule has 1 unspecified atom stereocenters. The Morgan fingerprint density at radius 2 is 2.06 bits per heavy atom. The maximum absolute atomic E-state index is 14.5. The number of rotatable bonds is 4. The predicted molar refractivity (Wildman–Crippen MR) is 127 cm³/mol. The van der Waals surface area contributed by atoms with E-state index in [1.54, 1.807) is 27.9 Å². The Labute approximate surface area is 196 Å². The van der Waals surface area contributed by atoms with Crippen molar-refractivity contribution in [2.75, 3.05) is 13.1 Å². The highest BCUT2D eigenvalue weighted by Crippen LogP contribution is 2.29. The SMILES string of the molecule is CC1CN(C(=O)OC(C)(C)C)CC=C1c1ccc(Cn2ccc3cc([N+](=O)[O-])cc(F)c32)nc1. The number of benzene rings is 1. The van der Waals surface area contributed by atoms with Gasteiger partial charge in [-0.05, 0) is 50.0 Å². The molecule has 0 saturated heterocycles. The number of carbonyl (C=O) groups excluding carboxylic acids is 1. The van der Waals surface area contributed by atoms with Crippen LogP contribution < -0.4 is 0 Å². The van der Waals surface area contributed by atoms with E-state index in [0.717, 1.165) is 22.9 Å². The van der Waals surface area contributed by atoms with Crippen molar-refractivity contribution in [1.29, 1.82) is 0 Å². The van der Waals surface area contributed by atoms with Gasteiger partial charge in [0.1, 0.15) is 5.60 Å². The predicted octanol–water partition coefficient (Wildman–Crippen LogP) is 5.40. The van der Waals surface area contributed by atoms with E-state index in [1.165, 1.54) is 6.07 Å². The Morgan fingerprint density at radius 3 is 2.68 bits per heavy atom. The van der Waals surface area contributed by atoms with Crippen molar-refractivity contribution in [2.45, 2.75) is 39.8 Å². The first-order chi connectivity index (χ1) is 16.0. The van der Waals surface area contributed by atoms with Crippen molar-refractivity contribution < 1.29 is 18.8 Å². The van der Waals surface area contributed by atoms with Gasteiger partial charge in [-0.2, -0.15) is 0 Å². The fourth-order valence-electron chi connectivity index (χ4n) is 4.17. The molecule has 0 spiro atoms. The summed E-state index contributed by atoms with van der Waals surface area (Å²) in [6.45, 7) is 8.97. The van der Waals surface area contributed by atoms with Gasteiger partial charge in [-0.25, -0.2) is 9.18 Å². The minimum Gasteiger partial charge on any atom is -0.444 e. The Balaban J connectivity index is 1.49. The number of fused-ring (bicyclic) bond motifs is 1. The number of pyridine rings is 1. The summed E-state index contributed by atoms with van der Waals surface area (Å²) in [5.41, 5.74) is 2.32. The summed E-state index contributed by atoms with van der Waals surface area (Å²) in [5.74, 6) is -0.520. The zero-order valence-corrected chi connectivity index (χ0v) is 19.6. The fourth-order valence-corrected chi connectivity index (χ4v) is 4.17. The Bertz CT molecular complexity index is 1270. The van der Waals surface area contributed by atoms with E-state index >= 15 is 0 Å². The van der Waals surface area contributed by atoms with Gasteiger partial charge in [-0.15, -0.1) is 0 Å². The van der Waals surface area contributed by atoms with Crippen molar-refractivity contribution in [1.82, 2.24) is 14.5 Å². The molecule has 8 nitrogen and oxygen atoms in total. The molecule has 1 aliphatic heterocycles. The summed E-state index contributed by atoms with van der Waals surface area (Å²) in [4.78, 5) is 29.0. The number of halogens is 1. The minimum absolute atomic E-state index is 0.118. The van der Waals surface area contributed by atoms with Gasteiger partial charge < -0.3 is 14.2 Å². The molecule has 2 aromatic heterocycles. The zero-order valence-electron chi connectivity index (χ0n) is 19.6. The second-order valence-corrected chi connectivity index (χ2v) is 9.55. The third-order valence-electron chi connectivity index (χ3n) is 5.71. The Morgan fingerprint density at radius 1 is 1.29 bits per heavy atom. The Hall–Kier alpha value is -3.75. The number of carbonyl (C=O) groups is 1. The highest BCUT2D eigenvalue weighted by atomic mass is 19.1. The van der Waals surface area contributed by atoms with Crippen LogP contribution in [0.2, 0.25) is 0 Å². The molecule has 34 heavy (non-hydrogen) atoms. The molecular formula is C25H27FN4O4. The topological polar surface area (TPSA) is 90.5 Å². The molecule has 1 aromatic carbocycles. The van der Waals surface area contributed by atoms with Crippen molar-refractivity contribution in [3.05, 3.63) is 76.0 Å². The van der Waals surface area contributed by atoms with Crippen LogP contribution in [0.25, 0.3) is 16.5 Å². The molecule has 0 radical (unpaired) electrons. The van der Waals surface area contributed by atoms with Crippen LogP contribution in [-0.4, -0.2) is 44.2 Å². The molecule has 0 saturated carbocycles. The van der Waals surface area contributed by atoms with Gasteiger partial charge in [0.05, 0.1) is 28.7 Å². The molecule has 1 atom stereocenters. The largest absolute Gasteiger partial charge is 0.444 e. The van der Waals surface area contributed by atoms with E-state index in [-0.39, 0.29) is 17.7 Å². The molecule has 1 amide bonds. The minimum atomic E-state index is -0.637. The molecule has 3 aromatic rings. The van der Waals surface area contributed by atoms with Crippen LogP contribution >= 0.6 is 0 Å². The van der Waals surface area contributed by atoms with Crippen molar-refractivity contribution >= 4 is 28.3 Å². The number of non-ortho nitro benzene ring substituents is 1. The van der Waals surface area contributed by atoms with Gasteiger partial charge in [-0.3, -0.25) is 15.1 Å². The molecular weight excluding hydrogens is 439 g/mol. The van der Waals surface area contributed by atoms with Gasteiger partial charge >= 0.3 is 6.09 Å². The first kappa shape index (κ1) is 23.4. The average Bonchev–Trinajstić information content (AvgIpc) is 3.16. The van der Waals surface area contributed by atoms with Crippen LogP contribution in [0, 0.1) is 21.8 Å². The lowest BCUT2D eigenvalue weighted by molar-refractivity contribution is -0.384. The third kappa shape index (κ3) is 4.93. The maximum Gasteiger partial charge on any atom is 0.410 e. The number of aromatic nitrogens is 2. The molecule has 178 valence electrons. The van der Waals surface area contributed by atoms with Gasteiger partial charge in [0.2, 0.25) is 0 Å². The number of hydrogen-bond acceptors (Lipinski definition) is 5. The van der Waals surface area contributed by atoms with Crippen LogP contribution in [0.15, 0.2) is 48.8 Å². The Kier molecular flexibility index (Phi) is 6.12. The molecule has 9 heteroatoms. The van der Waals surface area contributed by atoms with Crippen LogP contribution in [0.5, 0.6) is 0 Å². The first-order valence-electron chi connectivity index (χ1n) is 11.1. The van der Waals surface area contributed by atoms with E-state index < -0.39 is 16.3 Å². The lowest BCUT2D eigenvalue weighted by atomic mass is 9.91. The summed E-state index contributed by atoms with van der Waals surface area (Å²) >= 11 is 0. The molecule has 0 fully saturated rings. The molecule has 0 N–H and O–H groups in total. The van der Waals surface area contributed by atoms with Crippen LogP contribution in [0.4, 0.5) is 14.9 Å². The number of ether oxygens (including phenoxy) is 1.